The lowest BCUT2D eigenvalue weighted by atomic mass is 9.85. The van der Waals surface area contributed by atoms with Crippen molar-refractivity contribution < 1.29 is 18.7 Å². The Morgan fingerprint density at radius 3 is 2.60 bits per heavy atom. The Hall–Kier alpha value is -2.97. The van der Waals surface area contributed by atoms with E-state index >= 15 is 0 Å². The average Bonchev–Trinajstić information content (AvgIpc) is 3.36. The fraction of sp³-hybridized carbons (Fsp3) is 0.182. The zero-order valence-electron chi connectivity index (χ0n) is 16.3. The van der Waals surface area contributed by atoms with Crippen LogP contribution in [0.3, 0.4) is 0 Å². The van der Waals surface area contributed by atoms with E-state index < -0.39 is 17.7 Å². The Kier molecular flexibility index (Phi) is 5.44. The number of allylic oxidation sites excluding steroid dienone is 1. The third kappa shape index (κ3) is 3.42. The van der Waals surface area contributed by atoms with E-state index in [4.69, 9.17) is 10.5 Å². The van der Waals surface area contributed by atoms with Gasteiger partial charge in [0.25, 0.3) is 0 Å². The number of hydrogen-bond acceptors (Lipinski definition) is 7. The molecule has 0 spiro atoms. The standard InChI is InChI=1S/C22H19FN2O3S2/c1-3-28-22(27)15-11(2)25-21-17(16(15)14-5-4-10-29-14)18(24)20(30-21)19(26)12-6-8-13(23)9-7-12/h4-10,16,25H,3,24H2,1-2H3. The lowest BCUT2D eigenvalue weighted by molar-refractivity contribution is -0.138. The minimum atomic E-state index is -0.425. The van der Waals surface area contributed by atoms with Crippen LogP contribution < -0.4 is 11.1 Å². The molecular weight excluding hydrogens is 423 g/mol. The molecule has 0 amide bonds. The lowest BCUT2D eigenvalue weighted by Crippen LogP contribution is -2.23. The fourth-order valence-electron chi connectivity index (χ4n) is 3.56. The van der Waals surface area contributed by atoms with Gasteiger partial charge in [0.1, 0.15) is 10.7 Å². The van der Waals surface area contributed by atoms with Crippen molar-refractivity contribution in [2.45, 2.75) is 19.8 Å². The molecule has 0 aliphatic carbocycles. The number of nitrogen functional groups attached to an aromatic ring is 1. The van der Waals surface area contributed by atoms with Crippen molar-refractivity contribution in [3.63, 3.8) is 0 Å². The molecule has 1 unspecified atom stereocenters. The van der Waals surface area contributed by atoms with Gasteiger partial charge >= 0.3 is 5.97 Å². The Bertz CT molecular complexity index is 1150. The summed E-state index contributed by atoms with van der Waals surface area (Å²) in [5.74, 6) is -1.54. The summed E-state index contributed by atoms with van der Waals surface area (Å²) in [5, 5.41) is 5.88. The number of ether oxygens (including phenoxy) is 1. The summed E-state index contributed by atoms with van der Waals surface area (Å²) >= 11 is 2.75. The molecule has 154 valence electrons. The van der Waals surface area contributed by atoms with Gasteiger partial charge in [-0.05, 0) is 49.6 Å². The van der Waals surface area contributed by atoms with Gasteiger partial charge in [0.15, 0.2) is 0 Å². The molecule has 1 aliphatic heterocycles. The van der Waals surface area contributed by atoms with Crippen molar-refractivity contribution >= 4 is 45.1 Å². The largest absolute Gasteiger partial charge is 0.463 e. The summed E-state index contributed by atoms with van der Waals surface area (Å²) in [7, 11) is 0. The van der Waals surface area contributed by atoms with E-state index in [0.717, 1.165) is 9.88 Å². The van der Waals surface area contributed by atoms with Gasteiger partial charge in [0.2, 0.25) is 5.78 Å². The third-order valence-electron chi connectivity index (χ3n) is 4.90. The first-order valence-corrected chi connectivity index (χ1v) is 11.0. The summed E-state index contributed by atoms with van der Waals surface area (Å²) in [5.41, 5.74) is 9.00. The highest BCUT2D eigenvalue weighted by atomic mass is 32.1. The predicted octanol–water partition coefficient (Wildman–Crippen LogP) is 5.16. The molecule has 3 heterocycles. The number of anilines is 2. The SMILES string of the molecule is CCOC(=O)C1=C(C)Nc2sc(C(=O)c3ccc(F)cc3)c(N)c2C1c1cccs1. The highest BCUT2D eigenvalue weighted by Crippen LogP contribution is 2.51. The first-order valence-electron chi connectivity index (χ1n) is 9.33. The van der Waals surface area contributed by atoms with E-state index in [1.54, 1.807) is 6.92 Å². The number of esters is 1. The monoisotopic (exact) mass is 442 g/mol. The molecule has 2 aromatic heterocycles. The van der Waals surface area contributed by atoms with Gasteiger partial charge < -0.3 is 15.8 Å². The van der Waals surface area contributed by atoms with Crippen LogP contribution in [-0.4, -0.2) is 18.4 Å². The van der Waals surface area contributed by atoms with E-state index in [1.165, 1.54) is 46.9 Å². The third-order valence-corrected chi connectivity index (χ3v) is 6.97. The number of rotatable bonds is 5. The number of benzene rings is 1. The van der Waals surface area contributed by atoms with E-state index in [1.807, 2.05) is 24.4 Å². The lowest BCUT2D eigenvalue weighted by Gasteiger charge is -2.27. The topological polar surface area (TPSA) is 81.4 Å². The average molecular weight is 443 g/mol. The molecule has 1 atom stereocenters. The molecule has 3 aromatic rings. The van der Waals surface area contributed by atoms with Crippen molar-refractivity contribution in [3.05, 3.63) is 79.7 Å². The summed E-state index contributed by atoms with van der Waals surface area (Å²) in [6, 6.07) is 9.21. The number of thiophene rings is 2. The van der Waals surface area contributed by atoms with Gasteiger partial charge in [0, 0.05) is 21.7 Å². The van der Waals surface area contributed by atoms with Crippen molar-refractivity contribution in [1.82, 2.24) is 0 Å². The second-order valence-corrected chi connectivity index (χ2v) is 8.76. The van der Waals surface area contributed by atoms with Gasteiger partial charge in [-0.3, -0.25) is 4.79 Å². The summed E-state index contributed by atoms with van der Waals surface area (Å²) in [6.45, 7) is 3.83. The van der Waals surface area contributed by atoms with Crippen LogP contribution in [0, 0.1) is 5.82 Å². The second kappa shape index (κ2) is 8.04. The summed E-state index contributed by atoms with van der Waals surface area (Å²) < 4.78 is 18.6. The van der Waals surface area contributed by atoms with Crippen LogP contribution in [0.15, 0.2) is 53.0 Å². The molecule has 0 radical (unpaired) electrons. The molecule has 4 rings (SSSR count). The van der Waals surface area contributed by atoms with Gasteiger partial charge in [0.05, 0.1) is 28.8 Å². The van der Waals surface area contributed by atoms with Gasteiger partial charge in [-0.1, -0.05) is 6.07 Å². The summed E-state index contributed by atoms with van der Waals surface area (Å²) in [6.07, 6.45) is 0. The minimum Gasteiger partial charge on any atom is -0.463 e. The van der Waals surface area contributed by atoms with Crippen molar-refractivity contribution in [3.8, 4) is 0 Å². The fourth-order valence-corrected chi connectivity index (χ4v) is 5.58. The molecule has 0 saturated heterocycles. The minimum absolute atomic E-state index is 0.257. The van der Waals surface area contributed by atoms with Crippen LogP contribution in [0.1, 0.15) is 45.4 Å². The highest BCUT2D eigenvalue weighted by molar-refractivity contribution is 7.19. The van der Waals surface area contributed by atoms with E-state index in [2.05, 4.69) is 5.32 Å². The smallest absolute Gasteiger partial charge is 0.336 e. The molecule has 8 heteroatoms. The number of nitrogens with one attached hydrogen (secondary N) is 1. The Balaban J connectivity index is 1.84. The molecule has 0 bridgehead atoms. The maximum atomic E-state index is 13.3. The Morgan fingerprint density at radius 1 is 1.23 bits per heavy atom. The number of nitrogens with two attached hydrogens (primary N) is 1. The van der Waals surface area contributed by atoms with Crippen LogP contribution in [0.5, 0.6) is 0 Å². The number of carbonyl (C=O) groups is 2. The predicted molar refractivity (Wildman–Crippen MR) is 118 cm³/mol. The maximum Gasteiger partial charge on any atom is 0.336 e. The van der Waals surface area contributed by atoms with Crippen LogP contribution in [-0.2, 0) is 9.53 Å². The maximum absolute atomic E-state index is 13.3. The molecule has 0 fully saturated rings. The number of halogens is 1. The second-order valence-electron chi connectivity index (χ2n) is 6.76. The van der Waals surface area contributed by atoms with Crippen LogP contribution >= 0.6 is 22.7 Å². The molecular formula is C22H19FN2O3S2. The van der Waals surface area contributed by atoms with Crippen LogP contribution in [0.25, 0.3) is 0 Å². The van der Waals surface area contributed by atoms with Crippen molar-refractivity contribution in [1.29, 1.82) is 0 Å². The zero-order valence-corrected chi connectivity index (χ0v) is 18.0. The van der Waals surface area contributed by atoms with Gasteiger partial charge in [-0.15, -0.1) is 22.7 Å². The zero-order chi connectivity index (χ0) is 21.4. The Morgan fingerprint density at radius 2 is 1.97 bits per heavy atom. The number of carbonyl (C=O) groups excluding carboxylic acids is 2. The Labute approximate surface area is 181 Å². The molecule has 1 aliphatic rings. The number of fused-ring (bicyclic) bond motifs is 1. The van der Waals surface area contributed by atoms with Crippen LogP contribution in [0.2, 0.25) is 0 Å². The van der Waals surface area contributed by atoms with Crippen LogP contribution in [0.4, 0.5) is 15.1 Å². The van der Waals surface area contributed by atoms with E-state index in [-0.39, 0.29) is 12.4 Å². The number of hydrogen-bond donors (Lipinski definition) is 2. The van der Waals surface area contributed by atoms with E-state index in [9.17, 15) is 14.0 Å². The first kappa shape index (κ1) is 20.3. The molecule has 1 aromatic carbocycles. The molecule has 0 saturated carbocycles. The normalized spacial score (nSPS) is 15.5. The molecule has 3 N–H and O–H groups in total. The highest BCUT2D eigenvalue weighted by Gasteiger charge is 2.38. The molecule has 5 nitrogen and oxygen atoms in total. The first-order chi connectivity index (χ1) is 14.4. The van der Waals surface area contributed by atoms with Gasteiger partial charge in [-0.2, -0.15) is 0 Å². The quantitative estimate of drug-likeness (QED) is 0.422. The van der Waals surface area contributed by atoms with Gasteiger partial charge in [-0.25, -0.2) is 9.18 Å². The van der Waals surface area contributed by atoms with Crippen molar-refractivity contribution in [2.24, 2.45) is 0 Å². The van der Waals surface area contributed by atoms with E-state index in [0.29, 0.717) is 33.0 Å². The number of ketones is 1. The molecule has 30 heavy (non-hydrogen) atoms. The van der Waals surface area contributed by atoms with Crippen molar-refractivity contribution in [2.75, 3.05) is 17.7 Å². The summed E-state index contributed by atoms with van der Waals surface area (Å²) in [4.78, 5) is 27.1.